The van der Waals surface area contributed by atoms with Crippen molar-refractivity contribution in [2.45, 2.75) is 6.92 Å². The average Bonchev–Trinajstić information content (AvgIpc) is 3.07. The number of ether oxygens (including phenoxy) is 2. The number of nitrogens with zero attached hydrogens (tertiary/aromatic N) is 1. The van der Waals surface area contributed by atoms with E-state index < -0.39 is 0 Å². The highest BCUT2D eigenvalue weighted by Crippen LogP contribution is 2.41. The van der Waals surface area contributed by atoms with Crippen molar-refractivity contribution >= 4 is 37.6 Å². The molecule has 1 aromatic heterocycles. The molecule has 4 aromatic rings. The lowest BCUT2D eigenvalue weighted by Gasteiger charge is -2.11. The number of fused-ring (bicyclic) bond motifs is 4. The van der Waals surface area contributed by atoms with Crippen molar-refractivity contribution in [2.24, 2.45) is 0 Å². The van der Waals surface area contributed by atoms with Crippen LogP contribution in [0, 0.1) is 6.92 Å². The maximum Gasteiger partial charge on any atom is 0.231 e. The van der Waals surface area contributed by atoms with Crippen molar-refractivity contribution in [3.8, 4) is 22.8 Å². The van der Waals surface area contributed by atoms with E-state index >= 15 is 0 Å². The standard InChI is InChI=1S/C21H14BrNO2/c1-12-8-18(15-9-19-20(10-16(15)22)25-11-24-19)23-17-7-6-13-4-2-3-5-14(13)21(12)17/h2-10H,11H2,1H3. The zero-order valence-electron chi connectivity index (χ0n) is 13.5. The first-order chi connectivity index (χ1) is 12.2. The van der Waals surface area contributed by atoms with Crippen LogP contribution >= 0.6 is 15.9 Å². The third-order valence-corrected chi connectivity index (χ3v) is 5.29. The van der Waals surface area contributed by atoms with Crippen LogP contribution in [-0.4, -0.2) is 11.8 Å². The average molecular weight is 392 g/mol. The molecular formula is C21H14BrNO2. The highest BCUT2D eigenvalue weighted by molar-refractivity contribution is 9.10. The smallest absolute Gasteiger partial charge is 0.231 e. The van der Waals surface area contributed by atoms with Gasteiger partial charge in [-0.05, 0) is 63.5 Å². The third-order valence-electron chi connectivity index (χ3n) is 4.63. The van der Waals surface area contributed by atoms with Gasteiger partial charge in [-0.3, -0.25) is 0 Å². The van der Waals surface area contributed by atoms with Gasteiger partial charge >= 0.3 is 0 Å². The molecule has 5 rings (SSSR count). The summed E-state index contributed by atoms with van der Waals surface area (Å²) in [6.45, 7) is 2.40. The first-order valence-electron chi connectivity index (χ1n) is 8.09. The van der Waals surface area contributed by atoms with E-state index in [1.807, 2.05) is 12.1 Å². The molecule has 1 aliphatic heterocycles. The topological polar surface area (TPSA) is 31.4 Å². The summed E-state index contributed by atoms with van der Waals surface area (Å²) in [5.41, 5.74) is 4.13. The second kappa shape index (κ2) is 5.46. The van der Waals surface area contributed by atoms with Crippen molar-refractivity contribution in [3.63, 3.8) is 0 Å². The van der Waals surface area contributed by atoms with Gasteiger partial charge in [0.1, 0.15) is 0 Å². The SMILES string of the molecule is Cc1cc(-c2cc3c(cc2Br)OCO3)nc2ccc3ccccc3c12. The van der Waals surface area contributed by atoms with Crippen LogP contribution in [0.15, 0.2) is 59.1 Å². The quantitative estimate of drug-likeness (QED) is 0.381. The van der Waals surface area contributed by atoms with Gasteiger partial charge in [0.15, 0.2) is 11.5 Å². The lowest BCUT2D eigenvalue weighted by Crippen LogP contribution is -1.93. The van der Waals surface area contributed by atoms with E-state index in [0.29, 0.717) is 0 Å². The third kappa shape index (κ3) is 2.29. The van der Waals surface area contributed by atoms with E-state index in [0.717, 1.165) is 32.7 Å². The number of aromatic nitrogens is 1. The Balaban J connectivity index is 1.77. The molecule has 0 aliphatic carbocycles. The summed E-state index contributed by atoms with van der Waals surface area (Å²) in [5, 5.41) is 3.68. The predicted octanol–water partition coefficient (Wildman–Crippen LogP) is 5.85. The molecule has 0 unspecified atom stereocenters. The number of benzene rings is 3. The first kappa shape index (κ1) is 14.7. The summed E-state index contributed by atoms with van der Waals surface area (Å²) in [6, 6.07) is 18.7. The van der Waals surface area contributed by atoms with Crippen LogP contribution in [0.5, 0.6) is 11.5 Å². The highest BCUT2D eigenvalue weighted by atomic mass is 79.9. The van der Waals surface area contributed by atoms with Gasteiger partial charge in [0.2, 0.25) is 6.79 Å². The largest absolute Gasteiger partial charge is 0.454 e. The Morgan fingerprint density at radius 1 is 0.960 bits per heavy atom. The van der Waals surface area contributed by atoms with E-state index in [1.165, 1.54) is 21.7 Å². The minimum absolute atomic E-state index is 0.265. The zero-order valence-corrected chi connectivity index (χ0v) is 15.1. The van der Waals surface area contributed by atoms with Crippen LogP contribution < -0.4 is 9.47 Å². The predicted molar refractivity (Wildman–Crippen MR) is 103 cm³/mol. The Morgan fingerprint density at radius 2 is 1.76 bits per heavy atom. The van der Waals surface area contributed by atoms with E-state index in [1.54, 1.807) is 0 Å². The summed E-state index contributed by atoms with van der Waals surface area (Å²) in [5.74, 6) is 1.52. The second-order valence-corrected chi connectivity index (χ2v) is 7.04. The number of aryl methyl sites for hydroxylation is 1. The van der Waals surface area contributed by atoms with Crippen LogP contribution in [0.3, 0.4) is 0 Å². The maximum atomic E-state index is 5.52. The van der Waals surface area contributed by atoms with E-state index in [2.05, 4.69) is 65.3 Å². The van der Waals surface area contributed by atoms with Crippen molar-refractivity contribution in [1.29, 1.82) is 0 Å². The van der Waals surface area contributed by atoms with Crippen LogP contribution in [0.2, 0.25) is 0 Å². The van der Waals surface area contributed by atoms with E-state index in [9.17, 15) is 0 Å². The van der Waals surface area contributed by atoms with Crippen LogP contribution in [0.4, 0.5) is 0 Å². The van der Waals surface area contributed by atoms with Crippen LogP contribution in [0.1, 0.15) is 5.56 Å². The van der Waals surface area contributed by atoms with Crippen molar-refractivity contribution in [2.75, 3.05) is 6.79 Å². The van der Waals surface area contributed by atoms with Gasteiger partial charge in [-0.1, -0.05) is 30.3 Å². The van der Waals surface area contributed by atoms with E-state index in [4.69, 9.17) is 14.5 Å². The molecule has 0 saturated heterocycles. The Labute approximate surface area is 153 Å². The molecule has 0 saturated carbocycles. The maximum absolute atomic E-state index is 5.52. The van der Waals surface area contributed by atoms with Crippen molar-refractivity contribution in [1.82, 2.24) is 4.98 Å². The fourth-order valence-corrected chi connectivity index (χ4v) is 3.98. The molecule has 0 bridgehead atoms. The molecule has 0 spiro atoms. The first-order valence-corrected chi connectivity index (χ1v) is 8.88. The number of hydrogen-bond acceptors (Lipinski definition) is 3. The Morgan fingerprint density at radius 3 is 2.64 bits per heavy atom. The molecule has 2 heterocycles. The fraction of sp³-hybridized carbons (Fsp3) is 0.0952. The summed E-state index contributed by atoms with van der Waals surface area (Å²) in [6.07, 6.45) is 0. The molecule has 0 N–H and O–H groups in total. The normalized spacial score (nSPS) is 12.9. The molecule has 1 aliphatic rings. The van der Waals surface area contributed by atoms with Crippen LogP contribution in [-0.2, 0) is 0 Å². The number of hydrogen-bond donors (Lipinski definition) is 0. The van der Waals surface area contributed by atoms with Gasteiger partial charge < -0.3 is 9.47 Å². The molecule has 3 nitrogen and oxygen atoms in total. The van der Waals surface area contributed by atoms with Gasteiger partial charge in [0, 0.05) is 15.4 Å². The zero-order chi connectivity index (χ0) is 17.0. The van der Waals surface area contributed by atoms with Gasteiger partial charge in [-0.25, -0.2) is 4.98 Å². The van der Waals surface area contributed by atoms with Crippen molar-refractivity contribution in [3.05, 3.63) is 64.6 Å². The van der Waals surface area contributed by atoms with E-state index in [-0.39, 0.29) is 6.79 Å². The minimum atomic E-state index is 0.265. The lowest BCUT2D eigenvalue weighted by molar-refractivity contribution is 0.174. The molecule has 25 heavy (non-hydrogen) atoms. The van der Waals surface area contributed by atoms with Gasteiger partial charge in [0.25, 0.3) is 0 Å². The molecule has 122 valence electrons. The Kier molecular flexibility index (Phi) is 3.22. The Bertz CT molecular complexity index is 1150. The number of halogens is 1. The molecule has 3 aromatic carbocycles. The molecule has 0 atom stereocenters. The van der Waals surface area contributed by atoms with Crippen molar-refractivity contribution < 1.29 is 9.47 Å². The summed E-state index contributed by atoms with van der Waals surface area (Å²) in [7, 11) is 0. The van der Waals surface area contributed by atoms with Gasteiger partial charge in [-0.2, -0.15) is 0 Å². The molecule has 0 fully saturated rings. The number of rotatable bonds is 1. The number of pyridine rings is 1. The lowest BCUT2D eigenvalue weighted by atomic mass is 9.99. The Hall–Kier alpha value is -2.59. The van der Waals surface area contributed by atoms with Gasteiger partial charge in [-0.15, -0.1) is 0 Å². The summed E-state index contributed by atoms with van der Waals surface area (Å²) >= 11 is 3.64. The molecule has 4 heteroatoms. The van der Waals surface area contributed by atoms with Crippen LogP contribution in [0.25, 0.3) is 32.9 Å². The summed E-state index contributed by atoms with van der Waals surface area (Å²) in [4.78, 5) is 4.92. The molecule has 0 amide bonds. The monoisotopic (exact) mass is 391 g/mol. The molecule has 0 radical (unpaired) electrons. The van der Waals surface area contributed by atoms with Gasteiger partial charge in [0.05, 0.1) is 11.2 Å². The fourth-order valence-electron chi connectivity index (χ4n) is 3.46. The second-order valence-electron chi connectivity index (χ2n) is 6.19. The highest BCUT2D eigenvalue weighted by Gasteiger charge is 2.18. The summed E-state index contributed by atoms with van der Waals surface area (Å²) < 4.78 is 11.9. The minimum Gasteiger partial charge on any atom is -0.454 e. The molecular weight excluding hydrogens is 378 g/mol.